The molecule has 0 aliphatic carbocycles. The molecular weight excluding hydrogens is 400 g/mol. The second-order valence-corrected chi connectivity index (χ2v) is 5.12. The average molecular weight is 425 g/mol. The number of rotatable bonds is 7. The van der Waals surface area contributed by atoms with Gasteiger partial charge in [0.05, 0.1) is 12.1 Å². The number of benzene rings is 1. The summed E-state index contributed by atoms with van der Waals surface area (Å²) in [7, 11) is 3.37. The standard InChI is InChI=1S/C15H24FN3O2.HI/c1-15(2,20-4)11-19-14(17-3)18-8-9-21-13-7-5-6-12(16)10-13;/h5-7,10H,8-9,11H2,1-4H3,(H2,17,18,19);1H. The Morgan fingerprint density at radius 2 is 2.05 bits per heavy atom. The van der Waals surface area contributed by atoms with Gasteiger partial charge in [-0.2, -0.15) is 0 Å². The van der Waals surface area contributed by atoms with E-state index in [0.717, 1.165) is 0 Å². The number of hydrogen-bond acceptors (Lipinski definition) is 3. The lowest BCUT2D eigenvalue weighted by atomic mass is 10.1. The van der Waals surface area contributed by atoms with Crippen LogP contribution >= 0.6 is 24.0 Å². The maximum atomic E-state index is 13.0. The number of nitrogens with one attached hydrogen (secondary N) is 2. The van der Waals surface area contributed by atoms with Crippen molar-refractivity contribution in [1.29, 1.82) is 0 Å². The first kappa shape index (κ1) is 20.9. The molecule has 0 fully saturated rings. The quantitative estimate of drug-likeness (QED) is 0.305. The molecule has 1 rings (SSSR count). The van der Waals surface area contributed by atoms with E-state index in [2.05, 4.69) is 15.6 Å². The normalized spacial score (nSPS) is 11.6. The first-order chi connectivity index (χ1) is 9.96. The van der Waals surface area contributed by atoms with Crippen LogP contribution in [0.25, 0.3) is 0 Å². The van der Waals surface area contributed by atoms with Crippen molar-refractivity contribution in [1.82, 2.24) is 10.6 Å². The zero-order chi connectivity index (χ0) is 15.7. The first-order valence-corrected chi connectivity index (χ1v) is 6.85. The fraction of sp³-hybridized carbons (Fsp3) is 0.533. The third-order valence-electron chi connectivity index (χ3n) is 2.92. The molecule has 0 saturated carbocycles. The third-order valence-corrected chi connectivity index (χ3v) is 2.92. The summed E-state index contributed by atoms with van der Waals surface area (Å²) in [6.45, 7) is 5.58. The molecule has 2 N–H and O–H groups in total. The van der Waals surface area contributed by atoms with Gasteiger partial charge < -0.3 is 20.1 Å². The second kappa shape index (κ2) is 10.6. The van der Waals surface area contributed by atoms with Crippen LogP contribution in [-0.4, -0.2) is 45.4 Å². The molecule has 7 heteroatoms. The zero-order valence-electron chi connectivity index (χ0n) is 13.5. The SMILES string of the molecule is CN=C(NCCOc1cccc(F)c1)NCC(C)(C)OC.I. The molecule has 1 aromatic rings. The Balaban J connectivity index is 0.00000441. The lowest BCUT2D eigenvalue weighted by molar-refractivity contribution is 0.0268. The number of aliphatic imine (C=N–C) groups is 1. The summed E-state index contributed by atoms with van der Waals surface area (Å²) in [5.74, 6) is 0.878. The Morgan fingerprint density at radius 1 is 1.32 bits per heavy atom. The molecule has 22 heavy (non-hydrogen) atoms. The van der Waals surface area contributed by atoms with Gasteiger partial charge in [0.1, 0.15) is 18.2 Å². The third kappa shape index (κ3) is 8.38. The summed E-state index contributed by atoms with van der Waals surface area (Å²) in [6, 6.07) is 6.07. The highest BCUT2D eigenvalue weighted by atomic mass is 127. The van der Waals surface area contributed by atoms with Crippen LogP contribution in [0.1, 0.15) is 13.8 Å². The van der Waals surface area contributed by atoms with E-state index in [-0.39, 0.29) is 35.4 Å². The fourth-order valence-corrected chi connectivity index (χ4v) is 1.48. The van der Waals surface area contributed by atoms with Crippen LogP contribution in [0.15, 0.2) is 29.3 Å². The predicted octanol–water partition coefficient (Wildman–Crippen LogP) is 2.41. The van der Waals surface area contributed by atoms with Crippen LogP contribution in [0.3, 0.4) is 0 Å². The second-order valence-electron chi connectivity index (χ2n) is 5.12. The van der Waals surface area contributed by atoms with Crippen LogP contribution in [0, 0.1) is 5.82 Å². The van der Waals surface area contributed by atoms with Crippen LogP contribution in [0.2, 0.25) is 0 Å². The van der Waals surface area contributed by atoms with E-state index in [1.54, 1.807) is 26.3 Å². The van der Waals surface area contributed by atoms with Crippen LogP contribution in [0.4, 0.5) is 4.39 Å². The number of ether oxygens (including phenoxy) is 2. The number of guanidine groups is 1. The van der Waals surface area contributed by atoms with Crippen LogP contribution < -0.4 is 15.4 Å². The van der Waals surface area contributed by atoms with Gasteiger partial charge in [-0.05, 0) is 26.0 Å². The highest BCUT2D eigenvalue weighted by Crippen LogP contribution is 2.11. The molecule has 0 atom stereocenters. The molecule has 126 valence electrons. The summed E-state index contributed by atoms with van der Waals surface area (Å²) >= 11 is 0. The fourth-order valence-electron chi connectivity index (χ4n) is 1.48. The molecule has 0 bridgehead atoms. The van der Waals surface area contributed by atoms with E-state index in [1.807, 2.05) is 13.8 Å². The van der Waals surface area contributed by atoms with Crippen molar-refractivity contribution < 1.29 is 13.9 Å². The van der Waals surface area contributed by atoms with Crippen LogP contribution in [0.5, 0.6) is 5.75 Å². The van der Waals surface area contributed by atoms with Gasteiger partial charge in [-0.15, -0.1) is 24.0 Å². The van der Waals surface area contributed by atoms with Crippen molar-refractivity contribution >= 4 is 29.9 Å². The van der Waals surface area contributed by atoms with Gasteiger partial charge in [0, 0.05) is 26.8 Å². The Hall–Kier alpha value is -1.09. The van der Waals surface area contributed by atoms with E-state index >= 15 is 0 Å². The lowest BCUT2D eigenvalue weighted by Gasteiger charge is -2.24. The van der Waals surface area contributed by atoms with E-state index < -0.39 is 0 Å². The van der Waals surface area contributed by atoms with Crippen molar-refractivity contribution in [2.24, 2.45) is 4.99 Å². The van der Waals surface area contributed by atoms with Crippen molar-refractivity contribution in [2.45, 2.75) is 19.4 Å². The topological polar surface area (TPSA) is 54.9 Å². The Labute approximate surface area is 148 Å². The summed E-state index contributed by atoms with van der Waals surface area (Å²) in [5, 5.41) is 6.28. The Kier molecular flexibility index (Phi) is 10.1. The highest BCUT2D eigenvalue weighted by Gasteiger charge is 2.16. The Morgan fingerprint density at radius 3 is 2.64 bits per heavy atom. The highest BCUT2D eigenvalue weighted by molar-refractivity contribution is 14.0. The average Bonchev–Trinajstić information content (AvgIpc) is 2.46. The maximum absolute atomic E-state index is 13.0. The molecular formula is C15H25FIN3O2. The molecule has 0 spiro atoms. The minimum Gasteiger partial charge on any atom is -0.492 e. The predicted molar refractivity (Wildman–Crippen MR) is 97.8 cm³/mol. The van der Waals surface area contributed by atoms with Gasteiger partial charge in [0.25, 0.3) is 0 Å². The number of hydrogen-bond donors (Lipinski definition) is 2. The monoisotopic (exact) mass is 425 g/mol. The molecule has 0 aliphatic heterocycles. The molecule has 0 aliphatic rings. The first-order valence-electron chi connectivity index (χ1n) is 6.85. The molecule has 5 nitrogen and oxygen atoms in total. The summed E-state index contributed by atoms with van der Waals surface area (Å²) in [4.78, 5) is 4.11. The van der Waals surface area contributed by atoms with Gasteiger partial charge in [-0.3, -0.25) is 4.99 Å². The molecule has 1 aromatic carbocycles. The molecule has 0 unspecified atom stereocenters. The van der Waals surface area contributed by atoms with E-state index in [1.165, 1.54) is 12.1 Å². The van der Waals surface area contributed by atoms with Crippen molar-refractivity contribution in [3.8, 4) is 5.75 Å². The largest absolute Gasteiger partial charge is 0.492 e. The summed E-state index contributed by atoms with van der Waals surface area (Å²) in [5.41, 5.74) is -0.268. The van der Waals surface area contributed by atoms with Gasteiger partial charge in [-0.25, -0.2) is 4.39 Å². The molecule has 0 heterocycles. The van der Waals surface area contributed by atoms with Gasteiger partial charge in [0.2, 0.25) is 0 Å². The minimum atomic E-state index is -0.306. The molecule has 0 aromatic heterocycles. The van der Waals surface area contributed by atoms with Gasteiger partial charge >= 0.3 is 0 Å². The lowest BCUT2D eigenvalue weighted by Crippen LogP contribution is -2.46. The number of methoxy groups -OCH3 is 1. The molecule has 0 saturated heterocycles. The van der Waals surface area contributed by atoms with Crippen molar-refractivity contribution in [3.05, 3.63) is 30.1 Å². The Bertz CT molecular complexity index is 470. The van der Waals surface area contributed by atoms with Gasteiger partial charge in [0.15, 0.2) is 5.96 Å². The van der Waals surface area contributed by atoms with Crippen molar-refractivity contribution in [3.63, 3.8) is 0 Å². The summed E-state index contributed by atoms with van der Waals surface area (Å²) in [6.07, 6.45) is 0. The number of halogens is 2. The molecule has 0 amide bonds. The number of nitrogens with zero attached hydrogens (tertiary/aromatic N) is 1. The minimum absolute atomic E-state index is 0. The van der Waals surface area contributed by atoms with E-state index in [4.69, 9.17) is 9.47 Å². The summed E-state index contributed by atoms with van der Waals surface area (Å²) < 4.78 is 23.7. The van der Waals surface area contributed by atoms with Crippen LogP contribution in [-0.2, 0) is 4.74 Å². The van der Waals surface area contributed by atoms with Gasteiger partial charge in [-0.1, -0.05) is 6.07 Å². The smallest absolute Gasteiger partial charge is 0.191 e. The maximum Gasteiger partial charge on any atom is 0.191 e. The van der Waals surface area contributed by atoms with E-state index in [0.29, 0.717) is 31.4 Å². The van der Waals surface area contributed by atoms with E-state index in [9.17, 15) is 4.39 Å². The van der Waals surface area contributed by atoms with Crippen molar-refractivity contribution in [2.75, 3.05) is 33.9 Å². The zero-order valence-corrected chi connectivity index (χ0v) is 15.8. The molecule has 0 radical (unpaired) electrons.